The van der Waals surface area contributed by atoms with E-state index in [-0.39, 0.29) is 0 Å². The van der Waals surface area contributed by atoms with Gasteiger partial charge in [0.15, 0.2) is 0 Å². The highest BCUT2D eigenvalue weighted by molar-refractivity contribution is 5.44. The van der Waals surface area contributed by atoms with Crippen LogP contribution in [0.5, 0.6) is 0 Å². The van der Waals surface area contributed by atoms with E-state index in [1.54, 1.807) is 6.20 Å². The molecule has 0 fully saturated rings. The zero-order valence-electron chi connectivity index (χ0n) is 10.6. The van der Waals surface area contributed by atoms with Crippen molar-refractivity contribution >= 4 is 11.5 Å². The van der Waals surface area contributed by atoms with Crippen molar-refractivity contribution in [2.24, 2.45) is 0 Å². The van der Waals surface area contributed by atoms with Crippen LogP contribution in [0, 0.1) is 0 Å². The molecule has 3 N–H and O–H groups in total. The van der Waals surface area contributed by atoms with Gasteiger partial charge in [-0.15, -0.1) is 0 Å². The Labute approximate surface area is 108 Å². The Morgan fingerprint density at radius 2 is 1.94 bits per heavy atom. The minimum atomic E-state index is 0.390. The monoisotopic (exact) mass is 241 g/mol. The fourth-order valence-corrected chi connectivity index (χ4v) is 1.84. The van der Waals surface area contributed by atoms with Gasteiger partial charge in [-0.1, -0.05) is 30.3 Å². The van der Waals surface area contributed by atoms with Gasteiger partial charge >= 0.3 is 0 Å². The van der Waals surface area contributed by atoms with Gasteiger partial charge in [-0.3, -0.25) is 0 Å². The number of nitrogens with two attached hydrogens (primary N) is 1. The lowest BCUT2D eigenvalue weighted by Crippen LogP contribution is -2.16. The quantitative estimate of drug-likeness (QED) is 0.845. The highest BCUT2D eigenvalue weighted by Gasteiger charge is 2.03. The van der Waals surface area contributed by atoms with Crippen LogP contribution in [0.25, 0.3) is 0 Å². The third-order valence-electron chi connectivity index (χ3n) is 2.89. The number of aromatic nitrogens is 1. The number of nitrogens with zero attached hydrogens (tertiary/aromatic N) is 1. The number of anilines is 2. The third-order valence-corrected chi connectivity index (χ3v) is 2.89. The first-order valence-electron chi connectivity index (χ1n) is 6.26. The third kappa shape index (κ3) is 3.77. The zero-order valence-corrected chi connectivity index (χ0v) is 10.6. The van der Waals surface area contributed by atoms with Crippen LogP contribution in [0.2, 0.25) is 0 Å². The summed E-state index contributed by atoms with van der Waals surface area (Å²) in [5.41, 5.74) is 7.67. The topological polar surface area (TPSA) is 50.9 Å². The number of nitrogens with one attached hydrogen (secondary N) is 1. The molecule has 1 aromatic carbocycles. The summed E-state index contributed by atoms with van der Waals surface area (Å²) in [5, 5.41) is 3.37. The first kappa shape index (κ1) is 12.4. The molecule has 0 saturated carbocycles. The van der Waals surface area contributed by atoms with E-state index in [0.29, 0.717) is 11.7 Å². The van der Waals surface area contributed by atoms with Crippen molar-refractivity contribution in [1.82, 2.24) is 4.98 Å². The standard InChI is InChI=1S/C15H19N3/c1-12(7-8-13-5-3-2-4-6-13)18-15-10-9-14(16)11-17-15/h2-6,9-12H,7-8,16H2,1H3,(H,17,18). The summed E-state index contributed by atoms with van der Waals surface area (Å²) in [7, 11) is 0. The molecule has 1 unspecified atom stereocenters. The Morgan fingerprint density at radius 3 is 2.61 bits per heavy atom. The Bertz CT molecular complexity index is 465. The summed E-state index contributed by atoms with van der Waals surface area (Å²) < 4.78 is 0. The predicted molar refractivity (Wildman–Crippen MR) is 76.5 cm³/mol. The Kier molecular flexibility index (Phi) is 4.18. The summed E-state index contributed by atoms with van der Waals surface area (Å²) in [6, 6.07) is 14.7. The molecule has 0 aliphatic heterocycles. The van der Waals surface area contributed by atoms with Gasteiger partial charge in [-0.25, -0.2) is 4.98 Å². The van der Waals surface area contributed by atoms with E-state index in [9.17, 15) is 0 Å². The molecule has 0 saturated heterocycles. The Morgan fingerprint density at radius 1 is 1.17 bits per heavy atom. The normalized spacial score (nSPS) is 12.1. The van der Waals surface area contributed by atoms with Crippen molar-refractivity contribution in [2.75, 3.05) is 11.1 Å². The van der Waals surface area contributed by atoms with Crippen molar-refractivity contribution in [1.29, 1.82) is 0 Å². The van der Waals surface area contributed by atoms with Crippen LogP contribution in [-0.2, 0) is 6.42 Å². The first-order valence-corrected chi connectivity index (χ1v) is 6.26. The maximum absolute atomic E-state index is 5.60. The van der Waals surface area contributed by atoms with E-state index in [4.69, 9.17) is 5.73 Å². The molecule has 2 rings (SSSR count). The molecule has 1 atom stereocenters. The molecular formula is C15H19N3. The van der Waals surface area contributed by atoms with Gasteiger partial charge < -0.3 is 11.1 Å². The van der Waals surface area contributed by atoms with Gasteiger partial charge in [0, 0.05) is 6.04 Å². The zero-order chi connectivity index (χ0) is 12.8. The lowest BCUT2D eigenvalue weighted by molar-refractivity contribution is 0.703. The van der Waals surface area contributed by atoms with Crippen molar-refractivity contribution in [3.05, 3.63) is 54.2 Å². The van der Waals surface area contributed by atoms with Crippen molar-refractivity contribution in [2.45, 2.75) is 25.8 Å². The van der Waals surface area contributed by atoms with Crippen LogP contribution < -0.4 is 11.1 Å². The maximum atomic E-state index is 5.60. The predicted octanol–water partition coefficient (Wildman–Crippen LogP) is 3.10. The largest absolute Gasteiger partial charge is 0.397 e. The molecule has 0 radical (unpaired) electrons. The van der Waals surface area contributed by atoms with E-state index in [2.05, 4.69) is 41.5 Å². The fourth-order valence-electron chi connectivity index (χ4n) is 1.84. The number of rotatable bonds is 5. The molecule has 0 bridgehead atoms. The second kappa shape index (κ2) is 6.05. The molecule has 3 heteroatoms. The summed E-state index contributed by atoms with van der Waals surface area (Å²) in [4.78, 5) is 4.24. The molecule has 1 aromatic heterocycles. The van der Waals surface area contributed by atoms with Crippen LogP contribution >= 0.6 is 0 Å². The number of benzene rings is 1. The van der Waals surface area contributed by atoms with Crippen molar-refractivity contribution < 1.29 is 0 Å². The average Bonchev–Trinajstić information content (AvgIpc) is 2.40. The summed E-state index contributed by atoms with van der Waals surface area (Å²) >= 11 is 0. The Hall–Kier alpha value is -2.03. The van der Waals surface area contributed by atoms with E-state index in [0.717, 1.165) is 18.7 Å². The molecule has 0 spiro atoms. The average molecular weight is 241 g/mol. The molecular weight excluding hydrogens is 222 g/mol. The van der Waals surface area contributed by atoms with Crippen LogP contribution in [0.3, 0.4) is 0 Å². The SMILES string of the molecule is CC(CCc1ccccc1)Nc1ccc(N)cn1. The molecule has 2 aromatic rings. The number of pyridine rings is 1. The number of hydrogen-bond acceptors (Lipinski definition) is 3. The lowest BCUT2D eigenvalue weighted by Gasteiger charge is -2.14. The molecule has 0 aliphatic rings. The number of aryl methyl sites for hydroxylation is 1. The van der Waals surface area contributed by atoms with Crippen LogP contribution in [0.15, 0.2) is 48.7 Å². The molecule has 94 valence electrons. The smallest absolute Gasteiger partial charge is 0.126 e. The van der Waals surface area contributed by atoms with Gasteiger partial charge in [-0.05, 0) is 37.5 Å². The minimum Gasteiger partial charge on any atom is -0.397 e. The van der Waals surface area contributed by atoms with Crippen molar-refractivity contribution in [3.8, 4) is 0 Å². The van der Waals surface area contributed by atoms with Crippen LogP contribution in [0.1, 0.15) is 18.9 Å². The van der Waals surface area contributed by atoms with E-state index < -0.39 is 0 Å². The van der Waals surface area contributed by atoms with Crippen molar-refractivity contribution in [3.63, 3.8) is 0 Å². The Balaban J connectivity index is 1.82. The van der Waals surface area contributed by atoms with Gasteiger partial charge in [0.1, 0.15) is 5.82 Å². The maximum Gasteiger partial charge on any atom is 0.126 e. The van der Waals surface area contributed by atoms with Gasteiger partial charge in [0.05, 0.1) is 11.9 Å². The summed E-state index contributed by atoms with van der Waals surface area (Å²) in [6.45, 7) is 2.17. The fraction of sp³-hybridized carbons (Fsp3) is 0.267. The van der Waals surface area contributed by atoms with Gasteiger partial charge in [0.25, 0.3) is 0 Å². The van der Waals surface area contributed by atoms with Gasteiger partial charge in [0.2, 0.25) is 0 Å². The minimum absolute atomic E-state index is 0.390. The van der Waals surface area contributed by atoms with E-state index >= 15 is 0 Å². The van der Waals surface area contributed by atoms with Crippen LogP contribution in [0.4, 0.5) is 11.5 Å². The summed E-state index contributed by atoms with van der Waals surface area (Å²) in [5.74, 6) is 0.879. The molecule has 0 amide bonds. The van der Waals surface area contributed by atoms with Crippen LogP contribution in [-0.4, -0.2) is 11.0 Å². The summed E-state index contributed by atoms with van der Waals surface area (Å²) in [6.07, 6.45) is 3.83. The molecule has 18 heavy (non-hydrogen) atoms. The molecule has 0 aliphatic carbocycles. The number of nitrogen functional groups attached to an aromatic ring is 1. The highest BCUT2D eigenvalue weighted by atomic mass is 15.0. The first-order chi connectivity index (χ1) is 8.74. The highest BCUT2D eigenvalue weighted by Crippen LogP contribution is 2.11. The molecule has 1 heterocycles. The van der Waals surface area contributed by atoms with E-state index in [1.165, 1.54) is 5.56 Å². The second-order valence-corrected chi connectivity index (χ2v) is 4.55. The molecule has 3 nitrogen and oxygen atoms in total. The number of hydrogen-bond donors (Lipinski definition) is 2. The van der Waals surface area contributed by atoms with Gasteiger partial charge in [-0.2, -0.15) is 0 Å². The lowest BCUT2D eigenvalue weighted by atomic mass is 10.1. The second-order valence-electron chi connectivity index (χ2n) is 4.55. The van der Waals surface area contributed by atoms with E-state index in [1.807, 2.05) is 18.2 Å².